The van der Waals surface area contributed by atoms with Crippen molar-refractivity contribution in [2.24, 2.45) is 0 Å². The van der Waals surface area contributed by atoms with Crippen molar-refractivity contribution in [1.82, 2.24) is 9.97 Å². The molecule has 0 aliphatic rings. The van der Waals surface area contributed by atoms with E-state index in [0.29, 0.717) is 10.7 Å². The van der Waals surface area contributed by atoms with Crippen molar-refractivity contribution < 1.29 is 4.79 Å². The lowest BCUT2D eigenvalue weighted by atomic mass is 10.1. The third-order valence-electron chi connectivity index (χ3n) is 3.37. The van der Waals surface area contributed by atoms with Crippen LogP contribution in [0, 0.1) is 0 Å². The molecule has 0 aliphatic carbocycles. The molecular formula is C17H14ClN3OS. The lowest BCUT2D eigenvalue weighted by Gasteiger charge is -2.02. The molecule has 2 heterocycles. The molecule has 116 valence electrons. The normalized spacial score (nSPS) is 10.5. The van der Waals surface area contributed by atoms with Crippen LogP contribution in [0.3, 0.4) is 0 Å². The van der Waals surface area contributed by atoms with Crippen LogP contribution in [-0.2, 0) is 6.42 Å². The number of amides is 1. The van der Waals surface area contributed by atoms with Gasteiger partial charge in [0.2, 0.25) is 0 Å². The number of halogens is 1. The average molecular weight is 344 g/mol. The quantitative estimate of drug-likeness (QED) is 0.700. The number of rotatable bonds is 4. The Morgan fingerprint density at radius 2 is 2.04 bits per heavy atom. The standard InChI is InChI=1S/C17H14ClN3OS/c1-2-11-3-5-12(6-4-11)14-10-23-17(20-14)21-16(22)13-7-8-19-15(18)9-13/h3-10H,2H2,1H3,(H,20,21,22). The van der Waals surface area contributed by atoms with Gasteiger partial charge in [0.05, 0.1) is 5.69 Å². The number of anilines is 1. The Morgan fingerprint density at radius 3 is 2.74 bits per heavy atom. The van der Waals surface area contributed by atoms with Crippen molar-refractivity contribution in [2.45, 2.75) is 13.3 Å². The van der Waals surface area contributed by atoms with Gasteiger partial charge in [0.15, 0.2) is 5.13 Å². The van der Waals surface area contributed by atoms with E-state index >= 15 is 0 Å². The summed E-state index contributed by atoms with van der Waals surface area (Å²) in [4.78, 5) is 20.5. The van der Waals surface area contributed by atoms with E-state index in [-0.39, 0.29) is 11.1 Å². The second kappa shape index (κ2) is 6.89. The lowest BCUT2D eigenvalue weighted by Crippen LogP contribution is -2.11. The largest absolute Gasteiger partial charge is 0.298 e. The molecule has 1 N–H and O–H groups in total. The Bertz CT molecular complexity index is 830. The monoisotopic (exact) mass is 343 g/mol. The van der Waals surface area contributed by atoms with Crippen LogP contribution in [0.25, 0.3) is 11.3 Å². The lowest BCUT2D eigenvalue weighted by molar-refractivity contribution is 0.102. The van der Waals surface area contributed by atoms with Crippen molar-refractivity contribution >= 4 is 34.0 Å². The molecule has 0 atom stereocenters. The molecule has 0 aliphatic heterocycles. The summed E-state index contributed by atoms with van der Waals surface area (Å²) in [5.74, 6) is -0.253. The second-order valence-electron chi connectivity index (χ2n) is 4.91. The summed E-state index contributed by atoms with van der Waals surface area (Å²) in [5, 5.41) is 5.55. The Kier molecular flexibility index (Phi) is 4.69. The maximum Gasteiger partial charge on any atom is 0.257 e. The first-order valence-corrected chi connectivity index (χ1v) is 8.39. The third-order valence-corrected chi connectivity index (χ3v) is 4.34. The van der Waals surface area contributed by atoms with Crippen molar-refractivity contribution in [3.8, 4) is 11.3 Å². The summed E-state index contributed by atoms with van der Waals surface area (Å²) in [6.07, 6.45) is 2.51. The fourth-order valence-corrected chi connectivity index (χ4v) is 2.98. The summed E-state index contributed by atoms with van der Waals surface area (Å²) in [6.45, 7) is 2.12. The number of aryl methyl sites for hydroxylation is 1. The van der Waals surface area contributed by atoms with E-state index in [1.54, 1.807) is 6.07 Å². The van der Waals surface area contributed by atoms with Crippen LogP contribution in [0.2, 0.25) is 5.15 Å². The number of nitrogens with zero attached hydrogens (tertiary/aromatic N) is 2. The van der Waals surface area contributed by atoms with Gasteiger partial charge in [-0.1, -0.05) is 42.8 Å². The van der Waals surface area contributed by atoms with Crippen LogP contribution >= 0.6 is 22.9 Å². The van der Waals surface area contributed by atoms with Gasteiger partial charge in [-0.25, -0.2) is 9.97 Å². The van der Waals surface area contributed by atoms with Gasteiger partial charge in [-0.3, -0.25) is 10.1 Å². The molecule has 0 saturated carbocycles. The molecule has 1 amide bonds. The van der Waals surface area contributed by atoms with Crippen LogP contribution < -0.4 is 5.32 Å². The van der Waals surface area contributed by atoms with E-state index in [4.69, 9.17) is 11.6 Å². The number of nitrogens with one attached hydrogen (secondary N) is 1. The number of aromatic nitrogens is 2. The van der Waals surface area contributed by atoms with Crippen LogP contribution in [-0.4, -0.2) is 15.9 Å². The molecule has 1 aromatic carbocycles. The Balaban J connectivity index is 1.75. The first-order chi connectivity index (χ1) is 11.2. The van der Waals surface area contributed by atoms with Gasteiger partial charge >= 0.3 is 0 Å². The molecule has 23 heavy (non-hydrogen) atoms. The highest BCUT2D eigenvalue weighted by atomic mass is 35.5. The van der Waals surface area contributed by atoms with Crippen LogP contribution in [0.1, 0.15) is 22.8 Å². The number of hydrogen-bond acceptors (Lipinski definition) is 4. The topological polar surface area (TPSA) is 54.9 Å². The number of hydrogen-bond donors (Lipinski definition) is 1. The predicted octanol–water partition coefficient (Wildman–Crippen LogP) is 4.67. The third kappa shape index (κ3) is 3.75. The Hall–Kier alpha value is -2.24. The van der Waals surface area contributed by atoms with E-state index < -0.39 is 0 Å². The van der Waals surface area contributed by atoms with Gasteiger partial charge in [0.1, 0.15) is 5.15 Å². The maximum atomic E-state index is 12.2. The molecular weight excluding hydrogens is 330 g/mol. The van der Waals surface area contributed by atoms with Gasteiger partial charge in [-0.2, -0.15) is 0 Å². The first kappa shape index (κ1) is 15.6. The highest BCUT2D eigenvalue weighted by Gasteiger charge is 2.10. The number of benzene rings is 1. The van der Waals surface area contributed by atoms with Crippen LogP contribution in [0.5, 0.6) is 0 Å². The number of carbonyl (C=O) groups excluding carboxylic acids is 1. The van der Waals surface area contributed by atoms with E-state index in [9.17, 15) is 4.79 Å². The minimum absolute atomic E-state index is 0.253. The first-order valence-electron chi connectivity index (χ1n) is 7.13. The smallest absolute Gasteiger partial charge is 0.257 e. The fraction of sp³-hybridized carbons (Fsp3) is 0.118. The number of carbonyl (C=O) groups is 1. The molecule has 0 radical (unpaired) electrons. The summed E-state index contributed by atoms with van der Waals surface area (Å²) < 4.78 is 0. The summed E-state index contributed by atoms with van der Waals surface area (Å²) in [6, 6.07) is 11.4. The van der Waals surface area contributed by atoms with E-state index in [2.05, 4.69) is 34.3 Å². The minimum atomic E-state index is -0.253. The number of pyridine rings is 1. The van der Waals surface area contributed by atoms with Crippen molar-refractivity contribution in [3.63, 3.8) is 0 Å². The zero-order chi connectivity index (χ0) is 16.2. The maximum absolute atomic E-state index is 12.2. The number of thiazole rings is 1. The zero-order valence-corrected chi connectivity index (χ0v) is 14.0. The van der Waals surface area contributed by atoms with Gasteiger partial charge in [0, 0.05) is 22.7 Å². The van der Waals surface area contributed by atoms with Crippen LogP contribution in [0.4, 0.5) is 5.13 Å². The highest BCUT2D eigenvalue weighted by molar-refractivity contribution is 7.14. The molecule has 3 rings (SSSR count). The summed E-state index contributed by atoms with van der Waals surface area (Å²) >= 11 is 7.19. The summed E-state index contributed by atoms with van der Waals surface area (Å²) in [5.41, 5.74) is 3.62. The Labute approximate surface area is 143 Å². The minimum Gasteiger partial charge on any atom is -0.298 e. The molecule has 6 heteroatoms. The summed E-state index contributed by atoms with van der Waals surface area (Å²) in [7, 11) is 0. The fourth-order valence-electron chi connectivity index (χ4n) is 2.09. The zero-order valence-electron chi connectivity index (χ0n) is 12.4. The van der Waals surface area contributed by atoms with Gasteiger partial charge in [-0.05, 0) is 24.1 Å². The second-order valence-corrected chi connectivity index (χ2v) is 6.16. The molecule has 0 bridgehead atoms. The molecule has 0 saturated heterocycles. The molecule has 0 unspecified atom stereocenters. The molecule has 0 fully saturated rings. The van der Waals surface area contributed by atoms with E-state index in [1.165, 1.54) is 29.2 Å². The molecule has 2 aromatic heterocycles. The van der Waals surface area contributed by atoms with Crippen molar-refractivity contribution in [3.05, 3.63) is 64.3 Å². The van der Waals surface area contributed by atoms with Gasteiger partial charge in [-0.15, -0.1) is 11.3 Å². The highest BCUT2D eigenvalue weighted by Crippen LogP contribution is 2.25. The van der Waals surface area contributed by atoms with E-state index in [1.807, 2.05) is 17.5 Å². The van der Waals surface area contributed by atoms with Gasteiger partial charge < -0.3 is 0 Å². The predicted molar refractivity (Wildman–Crippen MR) is 94.1 cm³/mol. The SMILES string of the molecule is CCc1ccc(-c2csc(NC(=O)c3ccnc(Cl)c3)n2)cc1. The molecule has 0 spiro atoms. The average Bonchev–Trinajstić information content (AvgIpc) is 3.03. The van der Waals surface area contributed by atoms with Crippen molar-refractivity contribution in [1.29, 1.82) is 0 Å². The van der Waals surface area contributed by atoms with Crippen LogP contribution in [0.15, 0.2) is 48.0 Å². The van der Waals surface area contributed by atoms with Crippen molar-refractivity contribution in [2.75, 3.05) is 5.32 Å². The van der Waals surface area contributed by atoms with E-state index in [0.717, 1.165) is 17.7 Å². The Morgan fingerprint density at radius 1 is 1.26 bits per heavy atom. The van der Waals surface area contributed by atoms with Gasteiger partial charge in [0.25, 0.3) is 5.91 Å². The molecule has 4 nitrogen and oxygen atoms in total. The molecule has 3 aromatic rings.